The molecular formula is C61H53N5. The maximum atomic E-state index is 4.83. The highest BCUT2D eigenvalue weighted by atomic mass is 15.2. The van der Waals surface area contributed by atoms with Crippen LogP contribution in [0.1, 0.15) is 43.7 Å². The fourth-order valence-electron chi connectivity index (χ4n) is 8.98. The van der Waals surface area contributed by atoms with E-state index >= 15 is 0 Å². The monoisotopic (exact) mass is 855 g/mol. The minimum Gasteiger partial charge on any atom is -0.309 e. The van der Waals surface area contributed by atoms with E-state index in [9.17, 15) is 0 Å². The van der Waals surface area contributed by atoms with E-state index in [0.717, 1.165) is 106 Å². The first-order valence-electron chi connectivity index (χ1n) is 21.7. The van der Waals surface area contributed by atoms with Crippen LogP contribution in [0.3, 0.4) is 0 Å². The number of benzene rings is 5. The van der Waals surface area contributed by atoms with Crippen molar-refractivity contribution >= 4 is 56.5 Å². The van der Waals surface area contributed by atoms with Crippen molar-refractivity contribution in [2.75, 3.05) is 4.90 Å². The molecule has 0 atom stereocenters. The Labute approximate surface area is 389 Å². The maximum absolute atomic E-state index is 4.83. The van der Waals surface area contributed by atoms with Crippen LogP contribution in [-0.4, -0.2) is 19.1 Å². The number of anilines is 2. The third-order valence-corrected chi connectivity index (χ3v) is 11.8. The van der Waals surface area contributed by atoms with E-state index in [1.807, 2.05) is 43.9 Å². The molecule has 0 radical (unpaired) electrons. The van der Waals surface area contributed by atoms with Gasteiger partial charge < -0.3 is 14.0 Å². The minimum atomic E-state index is 0. The van der Waals surface area contributed by atoms with Crippen molar-refractivity contribution in [2.45, 2.75) is 21.3 Å². The molecule has 0 bridgehead atoms. The molecule has 66 heavy (non-hydrogen) atoms. The molecule has 322 valence electrons. The van der Waals surface area contributed by atoms with Crippen LogP contribution in [-0.2, 0) is 0 Å². The molecule has 10 rings (SSSR count). The van der Waals surface area contributed by atoms with Crippen LogP contribution in [0.15, 0.2) is 233 Å². The zero-order valence-corrected chi connectivity index (χ0v) is 36.8. The van der Waals surface area contributed by atoms with Crippen LogP contribution in [0.5, 0.6) is 0 Å². The topological polar surface area (TPSA) is 38.9 Å². The van der Waals surface area contributed by atoms with Gasteiger partial charge in [-0.1, -0.05) is 149 Å². The van der Waals surface area contributed by atoms with Gasteiger partial charge in [0.1, 0.15) is 0 Å². The van der Waals surface area contributed by atoms with E-state index in [0.29, 0.717) is 0 Å². The Hall–Kier alpha value is -8.54. The predicted octanol–water partition coefficient (Wildman–Crippen LogP) is 16.5. The molecular weight excluding hydrogens is 803 g/mol. The predicted molar refractivity (Wildman–Crippen MR) is 284 cm³/mol. The first-order valence-corrected chi connectivity index (χ1v) is 21.7. The smallest absolute Gasteiger partial charge is 0.0651 e. The summed E-state index contributed by atoms with van der Waals surface area (Å²) in [5.74, 6) is 0. The number of pyridine rings is 2. The van der Waals surface area contributed by atoms with Crippen molar-refractivity contribution in [3.8, 4) is 33.8 Å². The van der Waals surface area contributed by atoms with Gasteiger partial charge in [-0.2, -0.15) is 0 Å². The van der Waals surface area contributed by atoms with Crippen LogP contribution in [0.2, 0.25) is 0 Å². The summed E-state index contributed by atoms with van der Waals surface area (Å²) in [6.45, 7) is 19.6. The highest BCUT2D eigenvalue weighted by Crippen LogP contribution is 2.51. The normalized spacial score (nSPS) is 12.2. The molecule has 5 nitrogen and oxygen atoms in total. The number of para-hydroxylation sites is 5. The number of rotatable bonds is 10. The first kappa shape index (κ1) is 44.1. The molecule has 0 aliphatic carbocycles. The Balaban J connectivity index is 0.00000114. The van der Waals surface area contributed by atoms with Crippen molar-refractivity contribution in [1.82, 2.24) is 19.1 Å². The van der Waals surface area contributed by atoms with Gasteiger partial charge >= 0.3 is 0 Å². The molecule has 0 amide bonds. The van der Waals surface area contributed by atoms with E-state index in [-0.39, 0.29) is 7.43 Å². The fraction of sp³-hybridized carbons (Fsp3) is 0.0492. The zero-order valence-electron chi connectivity index (χ0n) is 36.8. The van der Waals surface area contributed by atoms with Crippen LogP contribution < -0.4 is 4.90 Å². The largest absolute Gasteiger partial charge is 0.309 e. The Morgan fingerprint density at radius 1 is 0.576 bits per heavy atom. The third-order valence-electron chi connectivity index (χ3n) is 11.8. The second-order valence-electron chi connectivity index (χ2n) is 15.7. The summed E-state index contributed by atoms with van der Waals surface area (Å²) in [7, 11) is 0. The van der Waals surface area contributed by atoms with Gasteiger partial charge in [-0.25, -0.2) is 0 Å². The molecule has 0 saturated carbocycles. The lowest BCUT2D eigenvalue weighted by Crippen LogP contribution is -2.16. The summed E-state index contributed by atoms with van der Waals surface area (Å²) in [6, 6.07) is 51.6. The highest BCUT2D eigenvalue weighted by molar-refractivity contribution is 6.10. The van der Waals surface area contributed by atoms with Gasteiger partial charge in [0, 0.05) is 74.1 Å². The summed E-state index contributed by atoms with van der Waals surface area (Å²) >= 11 is 0. The Morgan fingerprint density at radius 2 is 1.17 bits per heavy atom. The third kappa shape index (κ3) is 7.88. The van der Waals surface area contributed by atoms with E-state index < -0.39 is 0 Å². The number of aromatic nitrogens is 4. The SMILES string of the molecule is C.C=CC1=C(/C=C(\C)c2cncc(-c3cncc(-n4c(/C=C\C)c(C=C)c5ccccc54)c3)c2)c2c(n(-c3ccccc3)c3ccccc23)-c2ccccc2N1c1ccccc1.C=CC=C. The fourth-order valence-corrected chi connectivity index (χ4v) is 8.98. The molecule has 9 aromatic rings. The molecule has 0 saturated heterocycles. The molecule has 5 aromatic carbocycles. The van der Waals surface area contributed by atoms with Gasteiger partial charge in [0.2, 0.25) is 0 Å². The molecule has 0 unspecified atom stereocenters. The van der Waals surface area contributed by atoms with Crippen LogP contribution in [0, 0.1) is 0 Å². The summed E-state index contributed by atoms with van der Waals surface area (Å²) < 4.78 is 4.68. The second-order valence-corrected chi connectivity index (χ2v) is 15.7. The molecule has 0 fully saturated rings. The van der Waals surface area contributed by atoms with E-state index in [4.69, 9.17) is 9.97 Å². The van der Waals surface area contributed by atoms with Gasteiger partial charge in [-0.05, 0) is 97.8 Å². The van der Waals surface area contributed by atoms with Crippen LogP contribution in [0.25, 0.3) is 78.9 Å². The first-order chi connectivity index (χ1) is 32.0. The van der Waals surface area contributed by atoms with E-state index in [1.165, 1.54) is 0 Å². The van der Waals surface area contributed by atoms with Crippen LogP contribution in [0.4, 0.5) is 11.4 Å². The number of fused-ring (bicyclic) bond motifs is 6. The Bertz CT molecular complexity index is 3350. The van der Waals surface area contributed by atoms with Gasteiger partial charge in [-0.3, -0.25) is 9.97 Å². The van der Waals surface area contributed by atoms with Gasteiger partial charge in [0.25, 0.3) is 0 Å². The zero-order chi connectivity index (χ0) is 44.9. The lowest BCUT2D eigenvalue weighted by atomic mass is 9.94. The van der Waals surface area contributed by atoms with Gasteiger partial charge in [-0.15, -0.1) is 0 Å². The summed E-state index contributed by atoms with van der Waals surface area (Å²) in [4.78, 5) is 12.0. The average Bonchev–Trinajstić information content (AvgIpc) is 3.84. The van der Waals surface area contributed by atoms with Crippen LogP contribution >= 0.6 is 0 Å². The summed E-state index contributed by atoms with van der Waals surface area (Å²) in [6.07, 6.45) is 21.5. The molecule has 1 aliphatic rings. The van der Waals surface area contributed by atoms with Gasteiger partial charge in [0.05, 0.1) is 45.7 Å². The summed E-state index contributed by atoms with van der Waals surface area (Å²) in [5, 5.41) is 2.31. The lowest BCUT2D eigenvalue weighted by molar-refractivity contribution is 1.08. The van der Waals surface area contributed by atoms with Crippen molar-refractivity contribution in [1.29, 1.82) is 0 Å². The number of allylic oxidation sites excluding steroid dienone is 7. The number of hydrogen-bond donors (Lipinski definition) is 0. The number of hydrogen-bond acceptors (Lipinski definition) is 3. The van der Waals surface area contributed by atoms with E-state index in [2.05, 4.69) is 211 Å². The maximum Gasteiger partial charge on any atom is 0.0651 e. The van der Waals surface area contributed by atoms with Crippen molar-refractivity contribution < 1.29 is 0 Å². The minimum absolute atomic E-state index is 0. The number of nitrogens with zero attached hydrogens (tertiary/aromatic N) is 5. The van der Waals surface area contributed by atoms with Crippen molar-refractivity contribution in [3.63, 3.8) is 0 Å². The quantitative estimate of drug-likeness (QED) is 0.129. The standard InChI is InChI=1S/C56H43N5.C4H6.CH4/c1-5-20-51-45(6-2)46-25-14-17-28-52(46)60(51)44-33-41(36-58-37-44)40-32-39(34-57-35-40)38(4)31-49-50(7-3)59(42-21-10-8-11-22-42)54-30-19-16-27-48(54)56-55(49)47-26-15-18-29-53(47)61(56)43-23-12-9-13-24-43;1-3-4-2;/h5-37H,2-3H2,1,4H3;3-4H,1-2H2;1H4/b20-5-,38-31+;;. The Kier molecular flexibility index (Phi) is 13.0. The van der Waals surface area contributed by atoms with Crippen molar-refractivity contribution in [2.24, 2.45) is 0 Å². The van der Waals surface area contributed by atoms with E-state index in [1.54, 1.807) is 12.2 Å². The second kappa shape index (κ2) is 19.5. The molecule has 0 N–H and O–H groups in total. The summed E-state index contributed by atoms with van der Waals surface area (Å²) in [5.41, 5.74) is 18.1. The molecule has 1 aliphatic heterocycles. The Morgan fingerprint density at radius 3 is 1.83 bits per heavy atom. The lowest BCUT2D eigenvalue weighted by Gasteiger charge is -2.28. The van der Waals surface area contributed by atoms with Gasteiger partial charge in [0.15, 0.2) is 0 Å². The molecule has 5 heteroatoms. The molecule has 5 heterocycles. The molecule has 4 aromatic heterocycles. The highest BCUT2D eigenvalue weighted by Gasteiger charge is 2.31. The molecule has 0 spiro atoms. The van der Waals surface area contributed by atoms with Crippen molar-refractivity contribution in [3.05, 3.63) is 255 Å². The average molecular weight is 856 g/mol.